The molecular formula is C13H20ClNO. The maximum absolute atomic E-state index is 9.13. The third kappa shape index (κ3) is 4.97. The van der Waals surface area contributed by atoms with Crippen molar-refractivity contribution < 1.29 is 5.11 Å². The van der Waals surface area contributed by atoms with Gasteiger partial charge in [0.1, 0.15) is 0 Å². The molecule has 0 aliphatic rings. The molecule has 2 nitrogen and oxygen atoms in total. The van der Waals surface area contributed by atoms with Crippen LogP contribution in [-0.2, 0) is 0 Å². The molecule has 3 heteroatoms. The molecule has 0 heterocycles. The van der Waals surface area contributed by atoms with Gasteiger partial charge in [0.2, 0.25) is 0 Å². The van der Waals surface area contributed by atoms with Gasteiger partial charge >= 0.3 is 0 Å². The van der Waals surface area contributed by atoms with Crippen LogP contribution in [0.15, 0.2) is 24.3 Å². The predicted molar refractivity (Wildman–Crippen MR) is 68.8 cm³/mol. The summed E-state index contributed by atoms with van der Waals surface area (Å²) in [6.45, 7) is 4.85. The fourth-order valence-corrected chi connectivity index (χ4v) is 1.81. The summed E-state index contributed by atoms with van der Waals surface area (Å²) >= 11 is 5.93. The minimum atomic E-state index is -0.205. The molecule has 0 fully saturated rings. The summed E-state index contributed by atoms with van der Waals surface area (Å²) in [7, 11) is 0. The number of nitrogens with one attached hydrogen (secondary N) is 1. The zero-order chi connectivity index (χ0) is 12.0. The van der Waals surface area contributed by atoms with Gasteiger partial charge in [-0.1, -0.05) is 23.7 Å². The van der Waals surface area contributed by atoms with Crippen molar-refractivity contribution in [1.29, 1.82) is 0 Å². The van der Waals surface area contributed by atoms with Crippen LogP contribution in [0.1, 0.15) is 38.3 Å². The molecule has 2 atom stereocenters. The van der Waals surface area contributed by atoms with Crippen molar-refractivity contribution in [3.8, 4) is 0 Å². The second kappa shape index (κ2) is 6.89. The van der Waals surface area contributed by atoms with Crippen LogP contribution in [0.2, 0.25) is 5.02 Å². The summed E-state index contributed by atoms with van der Waals surface area (Å²) < 4.78 is 0. The molecule has 0 saturated carbocycles. The molecule has 0 amide bonds. The molecule has 0 aliphatic heterocycles. The van der Waals surface area contributed by atoms with Crippen molar-refractivity contribution in [2.75, 3.05) is 6.54 Å². The summed E-state index contributed by atoms with van der Waals surface area (Å²) in [4.78, 5) is 0. The van der Waals surface area contributed by atoms with E-state index < -0.39 is 0 Å². The zero-order valence-electron chi connectivity index (χ0n) is 9.91. The number of rotatable bonds is 6. The Morgan fingerprint density at radius 3 is 2.75 bits per heavy atom. The van der Waals surface area contributed by atoms with E-state index in [1.165, 1.54) is 5.56 Å². The second-order valence-corrected chi connectivity index (χ2v) is 4.66. The number of aliphatic hydroxyl groups is 1. The van der Waals surface area contributed by atoms with Gasteiger partial charge in [-0.15, -0.1) is 0 Å². The van der Waals surface area contributed by atoms with E-state index in [0.717, 1.165) is 24.4 Å². The minimum absolute atomic E-state index is 0.205. The molecule has 90 valence electrons. The molecule has 0 saturated heterocycles. The summed E-state index contributed by atoms with van der Waals surface area (Å²) in [5.74, 6) is 0. The monoisotopic (exact) mass is 241 g/mol. The normalized spacial score (nSPS) is 14.8. The van der Waals surface area contributed by atoms with Crippen molar-refractivity contribution in [2.24, 2.45) is 0 Å². The van der Waals surface area contributed by atoms with Crippen molar-refractivity contribution >= 4 is 11.6 Å². The Bertz CT molecular complexity index is 315. The summed E-state index contributed by atoms with van der Waals surface area (Å²) in [5.41, 5.74) is 1.20. The lowest BCUT2D eigenvalue weighted by Gasteiger charge is -2.14. The van der Waals surface area contributed by atoms with E-state index in [0.29, 0.717) is 6.04 Å². The summed E-state index contributed by atoms with van der Waals surface area (Å²) in [6.07, 6.45) is 1.63. The summed E-state index contributed by atoms with van der Waals surface area (Å²) in [6, 6.07) is 8.19. The van der Waals surface area contributed by atoms with Crippen molar-refractivity contribution in [1.82, 2.24) is 5.32 Å². The first-order valence-corrected chi connectivity index (χ1v) is 6.14. The quantitative estimate of drug-likeness (QED) is 0.750. The van der Waals surface area contributed by atoms with Gasteiger partial charge in [0, 0.05) is 11.1 Å². The maximum Gasteiger partial charge on any atom is 0.0512 e. The average Bonchev–Trinajstić information content (AvgIpc) is 2.24. The van der Waals surface area contributed by atoms with Crippen LogP contribution in [-0.4, -0.2) is 17.8 Å². The van der Waals surface area contributed by atoms with Crippen molar-refractivity contribution in [3.63, 3.8) is 0 Å². The van der Waals surface area contributed by atoms with E-state index in [4.69, 9.17) is 16.7 Å². The number of hydrogen-bond donors (Lipinski definition) is 2. The van der Waals surface area contributed by atoms with E-state index in [1.54, 1.807) is 0 Å². The van der Waals surface area contributed by atoms with Gasteiger partial charge in [-0.3, -0.25) is 0 Å². The SMILES string of the molecule is CC(O)CCCNC(C)c1cccc(Cl)c1. The predicted octanol–water partition coefficient (Wildman–Crippen LogP) is 3.15. The molecule has 2 N–H and O–H groups in total. The number of halogens is 1. The average molecular weight is 242 g/mol. The molecule has 2 unspecified atom stereocenters. The Morgan fingerprint density at radius 1 is 1.38 bits per heavy atom. The molecule has 1 rings (SSSR count). The van der Waals surface area contributed by atoms with E-state index in [2.05, 4.69) is 18.3 Å². The fraction of sp³-hybridized carbons (Fsp3) is 0.538. The van der Waals surface area contributed by atoms with E-state index in [9.17, 15) is 0 Å². The maximum atomic E-state index is 9.13. The highest BCUT2D eigenvalue weighted by atomic mass is 35.5. The molecule has 1 aromatic carbocycles. The molecule has 0 aromatic heterocycles. The highest BCUT2D eigenvalue weighted by Crippen LogP contribution is 2.17. The van der Waals surface area contributed by atoms with Crippen LogP contribution < -0.4 is 5.32 Å². The van der Waals surface area contributed by atoms with Gasteiger partial charge < -0.3 is 10.4 Å². The van der Waals surface area contributed by atoms with Crippen LogP contribution in [0.25, 0.3) is 0 Å². The van der Waals surface area contributed by atoms with Crippen LogP contribution in [0.3, 0.4) is 0 Å². The van der Waals surface area contributed by atoms with Crippen LogP contribution in [0.4, 0.5) is 0 Å². The number of aliphatic hydroxyl groups excluding tert-OH is 1. The third-order valence-electron chi connectivity index (χ3n) is 2.60. The Labute approximate surface area is 103 Å². The zero-order valence-corrected chi connectivity index (χ0v) is 10.7. The topological polar surface area (TPSA) is 32.3 Å². The molecule has 16 heavy (non-hydrogen) atoms. The van der Waals surface area contributed by atoms with Gasteiger partial charge in [-0.2, -0.15) is 0 Å². The third-order valence-corrected chi connectivity index (χ3v) is 2.83. The van der Waals surface area contributed by atoms with Crippen LogP contribution >= 0.6 is 11.6 Å². The Kier molecular flexibility index (Phi) is 5.81. The molecule has 0 radical (unpaired) electrons. The highest BCUT2D eigenvalue weighted by molar-refractivity contribution is 6.30. The molecule has 0 aliphatic carbocycles. The Balaban J connectivity index is 2.32. The highest BCUT2D eigenvalue weighted by Gasteiger charge is 2.04. The number of benzene rings is 1. The van der Waals surface area contributed by atoms with Gasteiger partial charge in [0.15, 0.2) is 0 Å². The van der Waals surface area contributed by atoms with Gasteiger partial charge in [-0.05, 0) is 50.9 Å². The first-order valence-electron chi connectivity index (χ1n) is 5.76. The smallest absolute Gasteiger partial charge is 0.0512 e. The molecular weight excluding hydrogens is 222 g/mol. The Hall–Kier alpha value is -0.570. The van der Waals surface area contributed by atoms with E-state index in [1.807, 2.05) is 25.1 Å². The van der Waals surface area contributed by atoms with E-state index >= 15 is 0 Å². The molecule has 1 aromatic rings. The first kappa shape index (κ1) is 13.5. The molecule has 0 spiro atoms. The Morgan fingerprint density at radius 2 is 2.12 bits per heavy atom. The largest absolute Gasteiger partial charge is 0.393 e. The lowest BCUT2D eigenvalue weighted by atomic mass is 10.1. The number of hydrogen-bond acceptors (Lipinski definition) is 2. The van der Waals surface area contributed by atoms with Crippen molar-refractivity contribution in [3.05, 3.63) is 34.9 Å². The van der Waals surface area contributed by atoms with Gasteiger partial charge in [0.25, 0.3) is 0 Å². The van der Waals surface area contributed by atoms with E-state index in [-0.39, 0.29) is 6.10 Å². The minimum Gasteiger partial charge on any atom is -0.393 e. The second-order valence-electron chi connectivity index (χ2n) is 4.22. The molecule has 0 bridgehead atoms. The summed E-state index contributed by atoms with van der Waals surface area (Å²) in [5, 5.41) is 13.3. The fourth-order valence-electron chi connectivity index (χ4n) is 1.61. The van der Waals surface area contributed by atoms with Crippen LogP contribution in [0, 0.1) is 0 Å². The standard InChI is InChI=1S/C13H20ClNO/c1-10(16)5-4-8-15-11(2)12-6-3-7-13(14)9-12/h3,6-7,9-11,15-16H,4-5,8H2,1-2H3. The van der Waals surface area contributed by atoms with Crippen molar-refractivity contribution in [2.45, 2.75) is 38.8 Å². The van der Waals surface area contributed by atoms with Gasteiger partial charge in [-0.25, -0.2) is 0 Å². The first-order chi connectivity index (χ1) is 7.59. The van der Waals surface area contributed by atoms with Gasteiger partial charge in [0.05, 0.1) is 6.10 Å². The lowest BCUT2D eigenvalue weighted by molar-refractivity contribution is 0.181. The van der Waals surface area contributed by atoms with Crippen LogP contribution in [0.5, 0.6) is 0 Å². The lowest BCUT2D eigenvalue weighted by Crippen LogP contribution is -2.20.